The molecule has 0 radical (unpaired) electrons. The van der Waals surface area contributed by atoms with E-state index in [-0.39, 0.29) is 5.91 Å². The third kappa shape index (κ3) is 3.73. The molecule has 3 rings (SSSR count). The van der Waals surface area contributed by atoms with Crippen LogP contribution in [0.4, 0.5) is 11.4 Å². The molecule has 24 heavy (non-hydrogen) atoms. The van der Waals surface area contributed by atoms with Gasteiger partial charge in [-0.2, -0.15) is 0 Å². The van der Waals surface area contributed by atoms with E-state index in [2.05, 4.69) is 25.6 Å². The van der Waals surface area contributed by atoms with Crippen molar-refractivity contribution >= 4 is 17.3 Å². The minimum atomic E-state index is -0.274. The molecule has 2 aromatic heterocycles. The van der Waals surface area contributed by atoms with Crippen LogP contribution in [0, 0.1) is 6.92 Å². The molecule has 0 spiro atoms. The number of nitrogens with zero attached hydrogens (tertiary/aromatic N) is 3. The van der Waals surface area contributed by atoms with E-state index in [9.17, 15) is 4.79 Å². The molecule has 0 unspecified atom stereocenters. The maximum Gasteiger partial charge on any atom is 0.276 e. The second-order valence-corrected chi connectivity index (χ2v) is 5.21. The van der Waals surface area contributed by atoms with Gasteiger partial charge in [0, 0.05) is 24.6 Å². The summed E-state index contributed by atoms with van der Waals surface area (Å²) in [4.78, 5) is 24.9. The number of para-hydroxylation sites is 1. The summed E-state index contributed by atoms with van der Waals surface area (Å²) in [6.45, 7) is 2.40. The number of carbonyl (C=O) groups is 1. The molecule has 1 amide bonds. The monoisotopic (exact) mass is 319 g/mol. The van der Waals surface area contributed by atoms with Crippen molar-refractivity contribution in [3.63, 3.8) is 0 Å². The van der Waals surface area contributed by atoms with Gasteiger partial charge >= 0.3 is 0 Å². The van der Waals surface area contributed by atoms with E-state index >= 15 is 0 Å². The van der Waals surface area contributed by atoms with Crippen molar-refractivity contribution in [3.05, 3.63) is 78.1 Å². The average molecular weight is 319 g/mol. The van der Waals surface area contributed by atoms with Crippen molar-refractivity contribution in [3.8, 4) is 0 Å². The lowest BCUT2D eigenvalue weighted by atomic mass is 10.2. The molecule has 3 aromatic rings. The number of nitrogens with one attached hydrogen (secondary N) is 2. The van der Waals surface area contributed by atoms with E-state index in [4.69, 9.17) is 0 Å². The van der Waals surface area contributed by atoms with Gasteiger partial charge in [-0.3, -0.25) is 9.78 Å². The Bertz CT molecular complexity index is 821. The maximum absolute atomic E-state index is 12.5. The minimum absolute atomic E-state index is 0.274. The molecule has 6 heteroatoms. The average Bonchev–Trinajstić information content (AvgIpc) is 2.62. The van der Waals surface area contributed by atoms with Gasteiger partial charge in [0.15, 0.2) is 5.69 Å². The van der Waals surface area contributed by atoms with Gasteiger partial charge in [0.05, 0.1) is 11.4 Å². The van der Waals surface area contributed by atoms with Gasteiger partial charge in [0.25, 0.3) is 5.91 Å². The number of hydrogen-bond donors (Lipinski definition) is 2. The Kier molecular flexibility index (Phi) is 4.76. The molecule has 0 aliphatic heterocycles. The molecular weight excluding hydrogens is 302 g/mol. The second-order valence-electron chi connectivity index (χ2n) is 5.21. The summed E-state index contributed by atoms with van der Waals surface area (Å²) in [5.41, 5.74) is 3.45. The van der Waals surface area contributed by atoms with Gasteiger partial charge in [0.1, 0.15) is 6.33 Å². The molecule has 120 valence electrons. The lowest BCUT2D eigenvalue weighted by Gasteiger charge is -2.13. The summed E-state index contributed by atoms with van der Waals surface area (Å²) in [7, 11) is 0. The number of aryl methyl sites for hydroxylation is 1. The van der Waals surface area contributed by atoms with Crippen LogP contribution in [0.25, 0.3) is 0 Å². The van der Waals surface area contributed by atoms with Crippen LogP contribution >= 0.6 is 0 Å². The van der Waals surface area contributed by atoms with Crippen LogP contribution in [0.15, 0.2) is 61.2 Å². The second kappa shape index (κ2) is 7.32. The van der Waals surface area contributed by atoms with Crippen molar-refractivity contribution in [2.45, 2.75) is 13.5 Å². The molecule has 0 saturated heterocycles. The summed E-state index contributed by atoms with van der Waals surface area (Å²) in [6.07, 6.45) is 4.86. The minimum Gasteiger partial charge on any atom is -0.378 e. The van der Waals surface area contributed by atoms with Crippen LogP contribution in [-0.2, 0) is 6.54 Å². The zero-order valence-electron chi connectivity index (χ0n) is 13.2. The highest BCUT2D eigenvalue weighted by Crippen LogP contribution is 2.19. The van der Waals surface area contributed by atoms with Crippen molar-refractivity contribution in [1.29, 1.82) is 0 Å². The van der Waals surface area contributed by atoms with Gasteiger partial charge in [-0.1, -0.05) is 18.2 Å². The van der Waals surface area contributed by atoms with Crippen molar-refractivity contribution in [2.24, 2.45) is 0 Å². The molecule has 0 atom stereocenters. The van der Waals surface area contributed by atoms with E-state index in [1.165, 1.54) is 6.33 Å². The first-order valence-electron chi connectivity index (χ1n) is 7.55. The Morgan fingerprint density at radius 3 is 2.54 bits per heavy atom. The number of hydrogen-bond acceptors (Lipinski definition) is 5. The molecule has 1 aromatic carbocycles. The van der Waals surface area contributed by atoms with Gasteiger partial charge < -0.3 is 10.6 Å². The third-order valence-electron chi connectivity index (χ3n) is 3.50. The Balaban J connectivity index is 1.80. The maximum atomic E-state index is 12.5. The van der Waals surface area contributed by atoms with Gasteiger partial charge in [0.2, 0.25) is 0 Å². The van der Waals surface area contributed by atoms with Crippen molar-refractivity contribution in [1.82, 2.24) is 15.0 Å². The van der Waals surface area contributed by atoms with Crippen LogP contribution in [0.5, 0.6) is 0 Å². The molecule has 0 aliphatic carbocycles. The molecule has 0 aliphatic rings. The Hall–Kier alpha value is -3.28. The SMILES string of the molecule is Cc1ncnc(C(=O)Nc2ccccc2)c1NCc1ccncc1. The lowest BCUT2D eigenvalue weighted by Crippen LogP contribution is -2.18. The van der Waals surface area contributed by atoms with Crippen LogP contribution < -0.4 is 10.6 Å². The summed E-state index contributed by atoms with van der Waals surface area (Å²) in [6, 6.07) is 13.1. The number of carbonyl (C=O) groups excluding carboxylic acids is 1. The number of pyridine rings is 1. The first-order chi connectivity index (χ1) is 11.7. The Morgan fingerprint density at radius 2 is 1.79 bits per heavy atom. The zero-order chi connectivity index (χ0) is 16.8. The lowest BCUT2D eigenvalue weighted by molar-refractivity contribution is 0.102. The largest absolute Gasteiger partial charge is 0.378 e. The van der Waals surface area contributed by atoms with E-state index in [0.29, 0.717) is 17.9 Å². The van der Waals surface area contributed by atoms with Crippen LogP contribution in [-0.4, -0.2) is 20.9 Å². The normalized spacial score (nSPS) is 10.2. The molecule has 0 fully saturated rings. The smallest absolute Gasteiger partial charge is 0.276 e. The first-order valence-corrected chi connectivity index (χ1v) is 7.55. The quantitative estimate of drug-likeness (QED) is 0.755. The summed E-state index contributed by atoms with van der Waals surface area (Å²) >= 11 is 0. The van der Waals surface area contributed by atoms with E-state index in [1.54, 1.807) is 12.4 Å². The van der Waals surface area contributed by atoms with Gasteiger partial charge in [-0.05, 0) is 36.8 Å². The number of anilines is 2. The molecule has 2 heterocycles. The third-order valence-corrected chi connectivity index (χ3v) is 3.50. The van der Waals surface area contributed by atoms with Crippen molar-refractivity contribution in [2.75, 3.05) is 10.6 Å². The van der Waals surface area contributed by atoms with Crippen LogP contribution in [0.2, 0.25) is 0 Å². The van der Waals surface area contributed by atoms with Crippen LogP contribution in [0.3, 0.4) is 0 Å². The molecule has 6 nitrogen and oxygen atoms in total. The number of amides is 1. The predicted octanol–water partition coefficient (Wildman–Crippen LogP) is 3.04. The number of rotatable bonds is 5. The van der Waals surface area contributed by atoms with Gasteiger partial charge in [-0.25, -0.2) is 9.97 Å². The topological polar surface area (TPSA) is 79.8 Å². The Labute approximate surface area is 140 Å². The molecule has 0 saturated carbocycles. The van der Waals surface area contributed by atoms with Crippen molar-refractivity contribution < 1.29 is 4.79 Å². The molecule has 2 N–H and O–H groups in total. The molecular formula is C18H17N5O. The van der Waals surface area contributed by atoms with E-state index in [1.807, 2.05) is 49.4 Å². The fraction of sp³-hybridized carbons (Fsp3) is 0.111. The first kappa shape index (κ1) is 15.6. The van der Waals surface area contributed by atoms with Gasteiger partial charge in [-0.15, -0.1) is 0 Å². The Morgan fingerprint density at radius 1 is 1.04 bits per heavy atom. The van der Waals surface area contributed by atoms with E-state index < -0.39 is 0 Å². The number of aromatic nitrogens is 3. The zero-order valence-corrected chi connectivity index (χ0v) is 13.2. The number of benzene rings is 1. The highest BCUT2D eigenvalue weighted by molar-refractivity contribution is 6.06. The summed E-state index contributed by atoms with van der Waals surface area (Å²) < 4.78 is 0. The fourth-order valence-electron chi connectivity index (χ4n) is 2.26. The summed E-state index contributed by atoms with van der Waals surface area (Å²) in [5.74, 6) is -0.274. The molecule has 0 bridgehead atoms. The highest BCUT2D eigenvalue weighted by Gasteiger charge is 2.16. The fourth-order valence-corrected chi connectivity index (χ4v) is 2.26. The standard InChI is InChI=1S/C18H17N5O/c1-13-16(20-11-14-7-9-19-10-8-14)17(22-12-21-13)18(24)23-15-5-3-2-4-6-15/h2-10,12,20H,11H2,1H3,(H,23,24). The van der Waals surface area contributed by atoms with Crippen LogP contribution in [0.1, 0.15) is 21.7 Å². The predicted molar refractivity (Wildman–Crippen MR) is 92.7 cm³/mol. The highest BCUT2D eigenvalue weighted by atomic mass is 16.1. The van der Waals surface area contributed by atoms with E-state index in [0.717, 1.165) is 16.9 Å². The summed E-state index contributed by atoms with van der Waals surface area (Å²) in [5, 5.41) is 6.10.